The Balaban J connectivity index is 2.28. The molecule has 1 unspecified atom stereocenters. The summed E-state index contributed by atoms with van der Waals surface area (Å²) in [5, 5.41) is -0.0614. The van der Waals surface area contributed by atoms with Gasteiger partial charge in [-0.2, -0.15) is 4.31 Å². The molecule has 1 aliphatic heterocycles. The average Bonchev–Trinajstić information content (AvgIpc) is 2.90. The molecular formula is C11H21NO2S. The molecule has 0 spiro atoms. The van der Waals surface area contributed by atoms with E-state index in [1.807, 2.05) is 0 Å². The minimum Gasteiger partial charge on any atom is -0.212 e. The third-order valence-electron chi connectivity index (χ3n) is 4.11. The number of sulfonamides is 1. The predicted octanol–water partition coefficient (Wildman–Crippen LogP) is 1.99. The van der Waals surface area contributed by atoms with Crippen LogP contribution in [0.2, 0.25) is 0 Å². The SMILES string of the molecule is CC(C)C1(C)CCCN1S(=O)(=O)C1CC1. The fourth-order valence-electron chi connectivity index (χ4n) is 2.50. The Morgan fingerprint density at radius 2 is 1.93 bits per heavy atom. The second kappa shape index (κ2) is 3.45. The summed E-state index contributed by atoms with van der Waals surface area (Å²) in [6, 6.07) is 0. The monoisotopic (exact) mass is 231 g/mol. The quantitative estimate of drug-likeness (QED) is 0.745. The zero-order valence-electron chi connectivity index (χ0n) is 9.86. The van der Waals surface area contributed by atoms with E-state index in [0.29, 0.717) is 5.92 Å². The number of rotatable bonds is 3. The lowest BCUT2D eigenvalue weighted by atomic mass is 9.87. The van der Waals surface area contributed by atoms with E-state index in [9.17, 15) is 8.42 Å². The van der Waals surface area contributed by atoms with Crippen LogP contribution < -0.4 is 0 Å². The highest BCUT2D eigenvalue weighted by Gasteiger charge is 2.50. The summed E-state index contributed by atoms with van der Waals surface area (Å²) in [6.45, 7) is 7.08. The van der Waals surface area contributed by atoms with Crippen LogP contribution in [0.4, 0.5) is 0 Å². The molecule has 1 saturated carbocycles. The van der Waals surface area contributed by atoms with E-state index >= 15 is 0 Å². The lowest BCUT2D eigenvalue weighted by molar-refractivity contribution is 0.192. The molecule has 0 aromatic carbocycles. The van der Waals surface area contributed by atoms with Crippen molar-refractivity contribution in [2.75, 3.05) is 6.54 Å². The average molecular weight is 231 g/mol. The highest BCUT2D eigenvalue weighted by Crippen LogP contribution is 2.42. The topological polar surface area (TPSA) is 37.4 Å². The van der Waals surface area contributed by atoms with Crippen molar-refractivity contribution in [3.63, 3.8) is 0 Å². The van der Waals surface area contributed by atoms with Gasteiger partial charge < -0.3 is 0 Å². The van der Waals surface area contributed by atoms with E-state index in [0.717, 1.165) is 32.2 Å². The maximum absolute atomic E-state index is 12.2. The third kappa shape index (κ3) is 1.72. The van der Waals surface area contributed by atoms with Gasteiger partial charge in [-0.1, -0.05) is 13.8 Å². The van der Waals surface area contributed by atoms with Crippen molar-refractivity contribution in [1.29, 1.82) is 0 Å². The number of hydrogen-bond donors (Lipinski definition) is 0. The van der Waals surface area contributed by atoms with E-state index in [2.05, 4.69) is 20.8 Å². The van der Waals surface area contributed by atoms with Crippen LogP contribution >= 0.6 is 0 Å². The molecule has 1 heterocycles. The first-order valence-electron chi connectivity index (χ1n) is 5.90. The van der Waals surface area contributed by atoms with Crippen LogP contribution in [-0.2, 0) is 10.0 Å². The summed E-state index contributed by atoms with van der Waals surface area (Å²) in [5.41, 5.74) is -0.137. The molecule has 0 radical (unpaired) electrons. The molecule has 88 valence electrons. The zero-order valence-corrected chi connectivity index (χ0v) is 10.7. The fourth-order valence-corrected chi connectivity index (χ4v) is 4.86. The Bertz CT molecular complexity index is 346. The molecule has 2 fully saturated rings. The molecule has 1 aliphatic carbocycles. The summed E-state index contributed by atoms with van der Waals surface area (Å²) in [7, 11) is -2.98. The van der Waals surface area contributed by atoms with Gasteiger partial charge >= 0.3 is 0 Å². The van der Waals surface area contributed by atoms with Crippen LogP contribution in [0.3, 0.4) is 0 Å². The largest absolute Gasteiger partial charge is 0.217 e. The molecule has 0 bridgehead atoms. The van der Waals surface area contributed by atoms with Crippen LogP contribution in [0.1, 0.15) is 46.5 Å². The van der Waals surface area contributed by atoms with Crippen LogP contribution in [0.5, 0.6) is 0 Å². The maximum Gasteiger partial charge on any atom is 0.217 e. The smallest absolute Gasteiger partial charge is 0.212 e. The Morgan fingerprint density at radius 3 is 2.40 bits per heavy atom. The molecular weight excluding hydrogens is 210 g/mol. The Hall–Kier alpha value is -0.0900. The highest BCUT2D eigenvalue weighted by atomic mass is 32.2. The Morgan fingerprint density at radius 1 is 1.33 bits per heavy atom. The molecule has 0 N–H and O–H groups in total. The van der Waals surface area contributed by atoms with Crippen LogP contribution in [0.25, 0.3) is 0 Å². The van der Waals surface area contributed by atoms with Gasteiger partial charge in [0.15, 0.2) is 0 Å². The van der Waals surface area contributed by atoms with E-state index in [-0.39, 0.29) is 10.8 Å². The van der Waals surface area contributed by atoms with E-state index in [4.69, 9.17) is 0 Å². The third-order valence-corrected chi connectivity index (χ3v) is 6.64. The standard InChI is InChI=1S/C11H21NO2S/c1-9(2)11(3)7-4-8-12(11)15(13,14)10-5-6-10/h9-10H,4-8H2,1-3H3. The van der Waals surface area contributed by atoms with Gasteiger partial charge in [0, 0.05) is 12.1 Å². The maximum atomic E-state index is 12.2. The molecule has 1 saturated heterocycles. The highest BCUT2D eigenvalue weighted by molar-refractivity contribution is 7.90. The molecule has 0 amide bonds. The van der Waals surface area contributed by atoms with Crippen molar-refractivity contribution in [2.24, 2.45) is 5.92 Å². The van der Waals surface area contributed by atoms with Crippen molar-refractivity contribution in [1.82, 2.24) is 4.31 Å². The predicted molar refractivity (Wildman–Crippen MR) is 61.1 cm³/mol. The summed E-state index contributed by atoms with van der Waals surface area (Å²) in [4.78, 5) is 0. The van der Waals surface area contributed by atoms with E-state index < -0.39 is 10.0 Å². The first-order valence-corrected chi connectivity index (χ1v) is 7.41. The van der Waals surface area contributed by atoms with Gasteiger partial charge in [0.05, 0.1) is 5.25 Å². The van der Waals surface area contributed by atoms with Gasteiger partial charge in [-0.25, -0.2) is 8.42 Å². The number of nitrogens with zero attached hydrogens (tertiary/aromatic N) is 1. The van der Waals surface area contributed by atoms with Gasteiger partial charge in [-0.05, 0) is 38.5 Å². The molecule has 2 aliphatic rings. The molecule has 1 atom stereocenters. The van der Waals surface area contributed by atoms with Crippen molar-refractivity contribution < 1.29 is 8.42 Å². The summed E-state index contributed by atoms with van der Waals surface area (Å²) >= 11 is 0. The van der Waals surface area contributed by atoms with Crippen molar-refractivity contribution >= 4 is 10.0 Å². The second-order valence-electron chi connectivity index (χ2n) is 5.43. The molecule has 0 aromatic heterocycles. The molecule has 4 heteroatoms. The minimum atomic E-state index is -2.98. The van der Waals surface area contributed by atoms with Crippen LogP contribution in [0.15, 0.2) is 0 Å². The summed E-state index contributed by atoms with van der Waals surface area (Å²) < 4.78 is 26.3. The summed E-state index contributed by atoms with van der Waals surface area (Å²) in [6.07, 6.45) is 3.76. The first-order chi connectivity index (χ1) is 6.89. The normalized spacial score (nSPS) is 33.9. The molecule has 0 aromatic rings. The van der Waals surface area contributed by atoms with Crippen LogP contribution in [0, 0.1) is 5.92 Å². The van der Waals surface area contributed by atoms with E-state index in [1.165, 1.54) is 0 Å². The zero-order chi connectivity index (χ0) is 11.3. The molecule has 15 heavy (non-hydrogen) atoms. The lowest BCUT2D eigenvalue weighted by Crippen LogP contribution is -2.49. The number of hydrogen-bond acceptors (Lipinski definition) is 2. The van der Waals surface area contributed by atoms with Gasteiger partial charge in [-0.3, -0.25) is 0 Å². The molecule has 2 rings (SSSR count). The van der Waals surface area contributed by atoms with Gasteiger partial charge in [-0.15, -0.1) is 0 Å². The first kappa shape index (κ1) is 11.4. The van der Waals surface area contributed by atoms with E-state index in [1.54, 1.807) is 4.31 Å². The van der Waals surface area contributed by atoms with Crippen LogP contribution in [-0.4, -0.2) is 30.1 Å². The Kier molecular flexibility index (Phi) is 2.62. The Labute approximate surface area is 92.9 Å². The fraction of sp³-hybridized carbons (Fsp3) is 1.00. The molecule has 3 nitrogen and oxygen atoms in total. The van der Waals surface area contributed by atoms with Crippen molar-refractivity contribution in [3.05, 3.63) is 0 Å². The van der Waals surface area contributed by atoms with Gasteiger partial charge in [0.25, 0.3) is 0 Å². The lowest BCUT2D eigenvalue weighted by Gasteiger charge is -2.38. The minimum absolute atomic E-state index is 0.0614. The van der Waals surface area contributed by atoms with Gasteiger partial charge in [0.1, 0.15) is 0 Å². The van der Waals surface area contributed by atoms with Crippen molar-refractivity contribution in [2.45, 2.75) is 57.2 Å². The van der Waals surface area contributed by atoms with Crippen molar-refractivity contribution in [3.8, 4) is 0 Å². The summed E-state index contributed by atoms with van der Waals surface area (Å²) in [5.74, 6) is 0.397. The second-order valence-corrected chi connectivity index (χ2v) is 7.57. The van der Waals surface area contributed by atoms with Gasteiger partial charge in [0.2, 0.25) is 10.0 Å².